The van der Waals surface area contributed by atoms with Crippen molar-refractivity contribution in [3.63, 3.8) is 0 Å². The molecule has 5 heteroatoms. The minimum Gasteiger partial charge on any atom is -0.492 e. The van der Waals surface area contributed by atoms with Crippen LogP contribution in [-0.4, -0.2) is 51.1 Å². The number of carbonyl (C=O) groups excluding carboxylic acids is 1. The molecule has 0 saturated carbocycles. The molecule has 5 nitrogen and oxygen atoms in total. The van der Waals surface area contributed by atoms with Crippen molar-refractivity contribution in [3.05, 3.63) is 24.3 Å². The Kier molecular flexibility index (Phi) is 7.18. The average molecular weight is 275 g/mol. The van der Waals surface area contributed by atoms with E-state index in [1.54, 1.807) is 0 Å². The van der Waals surface area contributed by atoms with Crippen molar-refractivity contribution in [2.45, 2.75) is 0 Å². The van der Waals surface area contributed by atoms with Crippen molar-refractivity contribution < 1.29 is 9.53 Å². The summed E-state index contributed by atoms with van der Waals surface area (Å²) >= 11 is 0. The number of carbonyl (C=O) groups is 1. The van der Waals surface area contributed by atoms with Crippen molar-refractivity contribution in [2.24, 2.45) is 0 Å². The normalized spacial score (nSPS) is 10.1. The molecule has 0 fully saturated rings. The summed E-state index contributed by atoms with van der Waals surface area (Å²) in [4.78, 5) is 13.6. The highest BCUT2D eigenvalue weighted by Crippen LogP contribution is 2.15. The van der Waals surface area contributed by atoms with Gasteiger partial charge in [-0.05, 0) is 38.4 Å². The lowest BCUT2D eigenvalue weighted by molar-refractivity contribution is -0.115. The Bertz CT molecular complexity index is 449. The van der Waals surface area contributed by atoms with Gasteiger partial charge in [0.1, 0.15) is 12.4 Å². The van der Waals surface area contributed by atoms with E-state index in [0.29, 0.717) is 13.2 Å². The Morgan fingerprint density at radius 3 is 2.65 bits per heavy atom. The van der Waals surface area contributed by atoms with Gasteiger partial charge in [-0.25, -0.2) is 0 Å². The Balaban J connectivity index is 2.34. The molecular weight excluding hydrogens is 254 g/mol. The van der Waals surface area contributed by atoms with Crippen molar-refractivity contribution >= 4 is 11.6 Å². The van der Waals surface area contributed by atoms with E-state index in [4.69, 9.17) is 11.2 Å². The van der Waals surface area contributed by atoms with Gasteiger partial charge < -0.3 is 15.0 Å². The predicted octanol–water partition coefficient (Wildman–Crippen LogP) is 0.788. The van der Waals surface area contributed by atoms with Gasteiger partial charge in [0.25, 0.3) is 0 Å². The fraction of sp³-hybridized carbons (Fsp3) is 0.400. The van der Waals surface area contributed by atoms with Crippen molar-refractivity contribution in [3.8, 4) is 18.1 Å². The number of anilines is 1. The summed E-state index contributed by atoms with van der Waals surface area (Å²) in [5, 5.41) is 5.60. The molecule has 0 aliphatic rings. The van der Waals surface area contributed by atoms with Crippen LogP contribution in [0.4, 0.5) is 5.69 Å². The van der Waals surface area contributed by atoms with Crippen LogP contribution in [0.3, 0.4) is 0 Å². The van der Waals surface area contributed by atoms with Crippen LogP contribution in [0.15, 0.2) is 24.3 Å². The van der Waals surface area contributed by atoms with Crippen LogP contribution in [0.1, 0.15) is 0 Å². The number of benzene rings is 1. The molecule has 1 aromatic carbocycles. The standard InChI is InChI=1S/C15H21N3O2/c1-4-9-16-12-15(19)17-13-5-7-14(8-6-13)20-11-10-18(2)3/h1,5-8,16H,9-12H2,2-3H3,(H,17,19). The molecule has 108 valence electrons. The number of nitrogens with one attached hydrogen (secondary N) is 2. The summed E-state index contributed by atoms with van der Waals surface area (Å²) in [7, 11) is 3.99. The summed E-state index contributed by atoms with van der Waals surface area (Å²) in [6, 6.07) is 7.29. The first-order chi connectivity index (χ1) is 9.61. The van der Waals surface area contributed by atoms with Gasteiger partial charge >= 0.3 is 0 Å². The number of nitrogens with zero attached hydrogens (tertiary/aromatic N) is 1. The number of rotatable bonds is 8. The first kappa shape index (κ1) is 16.0. The quantitative estimate of drug-likeness (QED) is 0.544. The van der Waals surface area contributed by atoms with Gasteiger partial charge in [-0.15, -0.1) is 6.42 Å². The molecule has 2 N–H and O–H groups in total. The van der Waals surface area contributed by atoms with E-state index in [1.807, 2.05) is 38.4 Å². The maximum Gasteiger partial charge on any atom is 0.238 e. The smallest absolute Gasteiger partial charge is 0.238 e. The Hall–Kier alpha value is -2.03. The van der Waals surface area contributed by atoms with Gasteiger partial charge in [0.15, 0.2) is 0 Å². The van der Waals surface area contributed by atoms with E-state index in [1.165, 1.54) is 0 Å². The third-order valence-corrected chi connectivity index (χ3v) is 2.46. The highest BCUT2D eigenvalue weighted by molar-refractivity contribution is 5.92. The van der Waals surface area contributed by atoms with Crippen LogP contribution in [0.25, 0.3) is 0 Å². The van der Waals surface area contributed by atoms with Crippen molar-refractivity contribution in [1.29, 1.82) is 0 Å². The summed E-state index contributed by atoms with van der Waals surface area (Å²) in [6.07, 6.45) is 5.08. The fourth-order valence-electron chi connectivity index (χ4n) is 1.43. The number of amides is 1. The monoisotopic (exact) mass is 275 g/mol. The maximum atomic E-state index is 11.5. The highest BCUT2D eigenvalue weighted by Gasteiger charge is 2.01. The molecule has 0 radical (unpaired) electrons. The zero-order chi connectivity index (χ0) is 14.8. The molecule has 0 saturated heterocycles. The third kappa shape index (κ3) is 6.78. The van der Waals surface area contributed by atoms with E-state index >= 15 is 0 Å². The molecule has 0 bridgehead atoms. The number of ether oxygens (including phenoxy) is 1. The molecule has 1 amide bonds. The van der Waals surface area contributed by atoms with E-state index < -0.39 is 0 Å². The van der Waals surface area contributed by atoms with Crippen LogP contribution >= 0.6 is 0 Å². The number of hydrogen-bond acceptors (Lipinski definition) is 4. The molecule has 0 unspecified atom stereocenters. The molecule has 0 aromatic heterocycles. The fourth-order valence-corrected chi connectivity index (χ4v) is 1.43. The Morgan fingerprint density at radius 2 is 2.05 bits per heavy atom. The Labute approximate surface area is 120 Å². The predicted molar refractivity (Wildman–Crippen MR) is 80.8 cm³/mol. The van der Waals surface area contributed by atoms with Crippen molar-refractivity contribution in [2.75, 3.05) is 45.7 Å². The third-order valence-electron chi connectivity index (χ3n) is 2.46. The second-order valence-electron chi connectivity index (χ2n) is 4.53. The molecule has 0 aliphatic carbocycles. The number of terminal acetylenes is 1. The highest BCUT2D eigenvalue weighted by atomic mass is 16.5. The second kappa shape index (κ2) is 8.97. The van der Waals surface area contributed by atoms with E-state index in [0.717, 1.165) is 18.0 Å². The lowest BCUT2D eigenvalue weighted by Crippen LogP contribution is -2.28. The lowest BCUT2D eigenvalue weighted by atomic mass is 10.3. The van der Waals surface area contributed by atoms with Gasteiger partial charge in [-0.3, -0.25) is 10.1 Å². The molecule has 0 atom stereocenters. The van der Waals surface area contributed by atoms with E-state index in [-0.39, 0.29) is 12.5 Å². The zero-order valence-electron chi connectivity index (χ0n) is 12.0. The van der Waals surface area contributed by atoms with Gasteiger partial charge in [0.2, 0.25) is 5.91 Å². The number of likely N-dealkylation sites (N-methyl/N-ethyl adjacent to an activating group) is 1. The molecule has 1 rings (SSSR count). The van der Waals surface area contributed by atoms with Crippen LogP contribution < -0.4 is 15.4 Å². The minimum absolute atomic E-state index is 0.124. The molecule has 1 aromatic rings. The second-order valence-corrected chi connectivity index (χ2v) is 4.53. The first-order valence-corrected chi connectivity index (χ1v) is 6.43. The van der Waals surface area contributed by atoms with Crippen molar-refractivity contribution in [1.82, 2.24) is 10.2 Å². The maximum absolute atomic E-state index is 11.5. The average Bonchev–Trinajstić information content (AvgIpc) is 2.41. The molecule has 20 heavy (non-hydrogen) atoms. The van der Waals surface area contributed by atoms with Gasteiger partial charge in [-0.2, -0.15) is 0 Å². The summed E-state index contributed by atoms with van der Waals surface area (Å²) in [5.41, 5.74) is 0.734. The van der Waals surface area contributed by atoms with E-state index in [2.05, 4.69) is 21.5 Å². The molecular formula is C15H21N3O2. The van der Waals surface area contributed by atoms with Crippen LogP contribution in [0, 0.1) is 12.3 Å². The molecule has 0 heterocycles. The number of hydrogen-bond donors (Lipinski definition) is 2. The van der Waals surface area contributed by atoms with Crippen LogP contribution in [0.5, 0.6) is 5.75 Å². The van der Waals surface area contributed by atoms with Crippen LogP contribution in [-0.2, 0) is 4.79 Å². The van der Waals surface area contributed by atoms with Gasteiger partial charge in [0, 0.05) is 12.2 Å². The molecule has 0 aliphatic heterocycles. The summed E-state index contributed by atoms with van der Waals surface area (Å²) < 4.78 is 5.57. The largest absolute Gasteiger partial charge is 0.492 e. The van der Waals surface area contributed by atoms with Gasteiger partial charge in [-0.1, -0.05) is 5.92 Å². The summed E-state index contributed by atoms with van der Waals surface area (Å²) in [5.74, 6) is 3.07. The topological polar surface area (TPSA) is 53.6 Å². The lowest BCUT2D eigenvalue weighted by Gasteiger charge is -2.11. The summed E-state index contributed by atoms with van der Waals surface area (Å²) in [6.45, 7) is 2.07. The molecule has 0 spiro atoms. The SMILES string of the molecule is C#CCNCC(=O)Nc1ccc(OCCN(C)C)cc1. The van der Waals surface area contributed by atoms with E-state index in [9.17, 15) is 4.79 Å². The minimum atomic E-state index is -0.124. The van der Waals surface area contributed by atoms with Gasteiger partial charge in [0.05, 0.1) is 13.1 Å². The Morgan fingerprint density at radius 1 is 1.35 bits per heavy atom. The first-order valence-electron chi connectivity index (χ1n) is 6.43. The zero-order valence-corrected chi connectivity index (χ0v) is 12.0. The van der Waals surface area contributed by atoms with Crippen LogP contribution in [0.2, 0.25) is 0 Å².